The Labute approximate surface area is 128 Å². The van der Waals surface area contributed by atoms with Crippen LogP contribution in [0.3, 0.4) is 0 Å². The summed E-state index contributed by atoms with van der Waals surface area (Å²) in [6, 6.07) is 1.30. The van der Waals surface area contributed by atoms with Crippen molar-refractivity contribution < 1.29 is 23.8 Å². The van der Waals surface area contributed by atoms with Gasteiger partial charge in [0.25, 0.3) is 0 Å². The van der Waals surface area contributed by atoms with Gasteiger partial charge in [-0.15, -0.1) is 0 Å². The second-order valence-electron chi connectivity index (χ2n) is 4.88. The van der Waals surface area contributed by atoms with Crippen LogP contribution < -0.4 is 5.63 Å². The highest BCUT2D eigenvalue weighted by Crippen LogP contribution is 2.25. The van der Waals surface area contributed by atoms with E-state index < -0.39 is 17.4 Å². The van der Waals surface area contributed by atoms with Crippen LogP contribution in [0.25, 0.3) is 0 Å². The molecule has 6 heteroatoms. The van der Waals surface area contributed by atoms with Crippen molar-refractivity contribution in [3.05, 3.63) is 40.0 Å². The minimum Gasteiger partial charge on any atom is -0.507 e. The van der Waals surface area contributed by atoms with Gasteiger partial charge in [0.05, 0.1) is 7.11 Å². The molecule has 120 valence electrons. The minimum atomic E-state index is -0.821. The van der Waals surface area contributed by atoms with Gasteiger partial charge in [0.15, 0.2) is 5.78 Å². The molecule has 6 nitrogen and oxygen atoms in total. The van der Waals surface area contributed by atoms with Gasteiger partial charge in [0, 0.05) is 24.5 Å². The molecule has 1 unspecified atom stereocenters. The zero-order valence-electron chi connectivity index (χ0n) is 12.9. The summed E-state index contributed by atoms with van der Waals surface area (Å²) in [5, 5.41) is 9.84. The smallest absolute Gasteiger partial charge is 0.350 e. The summed E-state index contributed by atoms with van der Waals surface area (Å²) in [4.78, 5) is 34.3. The predicted molar refractivity (Wildman–Crippen MR) is 80.1 cm³/mol. The molecule has 0 amide bonds. The van der Waals surface area contributed by atoms with Crippen molar-refractivity contribution in [2.24, 2.45) is 0 Å². The van der Waals surface area contributed by atoms with E-state index in [1.54, 1.807) is 13.0 Å². The monoisotopic (exact) mass is 308 g/mol. The van der Waals surface area contributed by atoms with Gasteiger partial charge in [-0.3, -0.25) is 4.79 Å². The molecule has 0 aliphatic heterocycles. The number of aromatic hydroxyl groups is 1. The molecule has 1 aromatic rings. The first-order chi connectivity index (χ1) is 10.4. The summed E-state index contributed by atoms with van der Waals surface area (Å²) in [6.45, 7) is 3.43. The Morgan fingerprint density at radius 2 is 2.14 bits per heavy atom. The second kappa shape index (κ2) is 8.17. The Morgan fingerprint density at radius 3 is 2.68 bits per heavy atom. The Kier molecular flexibility index (Phi) is 6.56. The molecule has 0 aliphatic carbocycles. The van der Waals surface area contributed by atoms with Crippen LogP contribution in [0.1, 0.15) is 55.1 Å². The van der Waals surface area contributed by atoms with Gasteiger partial charge in [-0.25, -0.2) is 9.59 Å². The van der Waals surface area contributed by atoms with Gasteiger partial charge in [0.1, 0.15) is 17.1 Å². The third-order valence-corrected chi connectivity index (χ3v) is 3.26. The molecular weight excluding hydrogens is 288 g/mol. The van der Waals surface area contributed by atoms with Crippen LogP contribution in [0.5, 0.6) is 5.75 Å². The fourth-order valence-electron chi connectivity index (χ4n) is 1.91. The van der Waals surface area contributed by atoms with Gasteiger partial charge in [-0.1, -0.05) is 19.9 Å². The number of carbonyl (C=O) groups excluding carboxylic acids is 2. The first-order valence-corrected chi connectivity index (χ1v) is 7.05. The number of carbonyl (C=O) groups is 2. The number of hydrogen-bond acceptors (Lipinski definition) is 6. The molecular formula is C16H20O6. The lowest BCUT2D eigenvalue weighted by molar-refractivity contribution is -0.134. The van der Waals surface area contributed by atoms with Crippen molar-refractivity contribution in [1.82, 2.24) is 0 Å². The van der Waals surface area contributed by atoms with Gasteiger partial charge in [-0.2, -0.15) is 0 Å². The zero-order chi connectivity index (χ0) is 16.7. The Balaban J connectivity index is 2.81. The largest absolute Gasteiger partial charge is 0.507 e. The van der Waals surface area contributed by atoms with Crippen molar-refractivity contribution in [2.45, 2.75) is 39.0 Å². The summed E-state index contributed by atoms with van der Waals surface area (Å²) >= 11 is 0. The van der Waals surface area contributed by atoms with E-state index in [9.17, 15) is 19.5 Å². The van der Waals surface area contributed by atoms with E-state index in [4.69, 9.17) is 4.42 Å². The van der Waals surface area contributed by atoms with E-state index in [1.165, 1.54) is 19.3 Å². The third-order valence-electron chi connectivity index (χ3n) is 3.26. The van der Waals surface area contributed by atoms with Crippen LogP contribution in [0, 0.1) is 0 Å². The Hall–Kier alpha value is -2.37. The van der Waals surface area contributed by atoms with E-state index in [2.05, 4.69) is 4.74 Å². The normalized spacial score (nSPS) is 12.3. The summed E-state index contributed by atoms with van der Waals surface area (Å²) in [6.07, 6.45) is 4.29. The number of ketones is 1. The van der Waals surface area contributed by atoms with Gasteiger partial charge in [0.2, 0.25) is 0 Å². The number of esters is 1. The fraction of sp³-hybridized carbons (Fsp3) is 0.438. The molecule has 0 spiro atoms. The highest BCUT2D eigenvalue weighted by molar-refractivity contribution is 5.97. The summed E-state index contributed by atoms with van der Waals surface area (Å²) in [7, 11) is 1.30. The third kappa shape index (κ3) is 4.58. The molecule has 0 saturated heterocycles. The molecule has 0 bridgehead atoms. The first-order valence-electron chi connectivity index (χ1n) is 7.05. The first kappa shape index (κ1) is 17.7. The molecule has 1 atom stereocenters. The molecule has 0 fully saturated rings. The number of hydrogen-bond donors (Lipinski definition) is 1. The summed E-state index contributed by atoms with van der Waals surface area (Å²) < 4.78 is 9.59. The van der Waals surface area contributed by atoms with Crippen LogP contribution in [0.2, 0.25) is 0 Å². The van der Waals surface area contributed by atoms with Crippen molar-refractivity contribution in [1.29, 1.82) is 0 Å². The maximum Gasteiger partial charge on any atom is 0.350 e. The van der Waals surface area contributed by atoms with Gasteiger partial charge in [-0.05, 0) is 12.8 Å². The van der Waals surface area contributed by atoms with Gasteiger partial charge >= 0.3 is 11.6 Å². The lowest BCUT2D eigenvalue weighted by Crippen LogP contribution is -2.15. The van der Waals surface area contributed by atoms with E-state index in [0.29, 0.717) is 18.6 Å². The van der Waals surface area contributed by atoms with Crippen LogP contribution >= 0.6 is 0 Å². The van der Waals surface area contributed by atoms with E-state index in [-0.39, 0.29) is 23.7 Å². The molecule has 1 aromatic heterocycles. The number of ether oxygens (including phenoxy) is 1. The Morgan fingerprint density at radius 1 is 1.45 bits per heavy atom. The summed E-state index contributed by atoms with van der Waals surface area (Å²) in [5.41, 5.74) is -1.12. The summed E-state index contributed by atoms with van der Waals surface area (Å²) in [5.74, 6) is -1.07. The van der Waals surface area contributed by atoms with E-state index >= 15 is 0 Å². The fourth-order valence-corrected chi connectivity index (χ4v) is 1.91. The maximum absolute atomic E-state index is 11.8. The van der Waals surface area contributed by atoms with E-state index in [0.717, 1.165) is 0 Å². The number of methoxy groups -OCH3 is 1. The molecule has 0 aromatic carbocycles. The quantitative estimate of drug-likeness (QED) is 0.472. The van der Waals surface area contributed by atoms with Crippen LogP contribution in [0.4, 0.5) is 0 Å². The highest BCUT2D eigenvalue weighted by atomic mass is 16.5. The number of allylic oxidation sites excluding steroid dienone is 1. The van der Waals surface area contributed by atoms with Crippen LogP contribution in [0.15, 0.2) is 27.4 Å². The average Bonchev–Trinajstić information content (AvgIpc) is 2.49. The number of rotatable bonds is 7. The molecule has 1 heterocycles. The zero-order valence-corrected chi connectivity index (χ0v) is 12.9. The average molecular weight is 308 g/mol. The number of Topliss-reactive ketones (excluding diaryl/α,β-unsaturated/α-hetero) is 1. The topological polar surface area (TPSA) is 93.8 Å². The predicted octanol–water partition coefficient (Wildman–Crippen LogP) is 2.55. The molecule has 0 saturated carbocycles. The lowest BCUT2D eigenvalue weighted by atomic mass is 10.0. The maximum atomic E-state index is 11.8. The van der Waals surface area contributed by atoms with Crippen molar-refractivity contribution in [3.8, 4) is 5.75 Å². The molecule has 0 aliphatic rings. The second-order valence-corrected chi connectivity index (χ2v) is 4.88. The van der Waals surface area contributed by atoms with Crippen LogP contribution in [-0.4, -0.2) is 24.0 Å². The Bertz CT molecular complexity index is 626. The molecule has 22 heavy (non-hydrogen) atoms. The minimum absolute atomic E-state index is 0.117. The van der Waals surface area contributed by atoms with Gasteiger partial charge < -0.3 is 14.3 Å². The standard InChI is InChI=1S/C16H20O6/c1-4-11(17)15-12(18)9-13(22-16(15)20)10(2)7-5-6-8-14(19)21-3/h6,8-10,18H,4-5,7H2,1-3H3/b8-6-. The van der Waals surface area contributed by atoms with Crippen molar-refractivity contribution in [3.63, 3.8) is 0 Å². The SMILES string of the molecule is CCC(=O)c1c(O)cc(C(C)CC/C=C\C(=O)OC)oc1=O. The lowest BCUT2D eigenvalue weighted by Gasteiger charge is -2.10. The highest BCUT2D eigenvalue weighted by Gasteiger charge is 2.19. The van der Waals surface area contributed by atoms with Crippen molar-refractivity contribution in [2.75, 3.05) is 7.11 Å². The molecule has 1 rings (SSSR count). The molecule has 0 radical (unpaired) electrons. The van der Waals surface area contributed by atoms with Crippen LogP contribution in [-0.2, 0) is 9.53 Å². The van der Waals surface area contributed by atoms with E-state index in [1.807, 2.05) is 6.92 Å². The molecule has 1 N–H and O–H groups in total. The van der Waals surface area contributed by atoms with Crippen molar-refractivity contribution >= 4 is 11.8 Å².